The van der Waals surface area contributed by atoms with Crippen molar-refractivity contribution < 1.29 is 0 Å². The van der Waals surface area contributed by atoms with Gasteiger partial charge in [0.05, 0.1) is 0 Å². The molecule has 2 atom stereocenters. The second-order valence-corrected chi connectivity index (χ2v) is 5.13. The number of hydrogen-bond donors (Lipinski definition) is 0. The van der Waals surface area contributed by atoms with Crippen molar-refractivity contribution in [1.29, 1.82) is 0 Å². The van der Waals surface area contributed by atoms with Gasteiger partial charge in [0.2, 0.25) is 0 Å². The highest BCUT2D eigenvalue weighted by Gasteiger charge is 2.38. The molecule has 1 aromatic rings. The summed E-state index contributed by atoms with van der Waals surface area (Å²) >= 11 is 0. The minimum Gasteiger partial charge on any atom is -0.300 e. The van der Waals surface area contributed by atoms with Crippen LogP contribution in [0.1, 0.15) is 37.2 Å². The smallest absolute Gasteiger partial charge is 0.0102 e. The summed E-state index contributed by atoms with van der Waals surface area (Å²) in [6.07, 6.45) is 5.59. The highest BCUT2D eigenvalue weighted by atomic mass is 15.2. The minimum atomic E-state index is 0.819. The van der Waals surface area contributed by atoms with Crippen LogP contribution in [0.3, 0.4) is 0 Å². The number of hydrogen-bond acceptors (Lipinski definition) is 1. The molecule has 2 aliphatic rings. The first-order valence-electron chi connectivity index (χ1n) is 6.11. The van der Waals surface area contributed by atoms with Crippen molar-refractivity contribution in [2.75, 3.05) is 7.05 Å². The van der Waals surface area contributed by atoms with Crippen LogP contribution in [-0.4, -0.2) is 24.0 Å². The second kappa shape index (κ2) is 3.64. The first-order chi connectivity index (χ1) is 7.34. The summed E-state index contributed by atoms with van der Waals surface area (Å²) in [6.45, 7) is 0. The van der Waals surface area contributed by atoms with Gasteiger partial charge in [0.1, 0.15) is 0 Å². The summed E-state index contributed by atoms with van der Waals surface area (Å²) in [7, 11) is 2.31. The molecule has 1 nitrogen and oxygen atoms in total. The van der Waals surface area contributed by atoms with Crippen LogP contribution in [0.2, 0.25) is 0 Å². The lowest BCUT2D eigenvalue weighted by Crippen LogP contribution is -2.39. The Morgan fingerprint density at radius 3 is 2.20 bits per heavy atom. The summed E-state index contributed by atoms with van der Waals surface area (Å²) < 4.78 is 0. The van der Waals surface area contributed by atoms with Crippen LogP contribution < -0.4 is 0 Å². The molecule has 0 saturated carbocycles. The van der Waals surface area contributed by atoms with Crippen molar-refractivity contribution in [3.8, 4) is 0 Å². The summed E-state index contributed by atoms with van der Waals surface area (Å²) in [4.78, 5) is 2.61. The quantitative estimate of drug-likeness (QED) is 0.675. The molecule has 0 spiro atoms. The van der Waals surface area contributed by atoms with Gasteiger partial charge in [-0.25, -0.2) is 0 Å². The molecule has 0 aliphatic carbocycles. The fraction of sp³-hybridized carbons (Fsp3) is 0.571. The molecule has 1 heteroatoms. The molecule has 2 fully saturated rings. The Balaban J connectivity index is 1.81. The van der Waals surface area contributed by atoms with Gasteiger partial charge in [0.15, 0.2) is 0 Å². The van der Waals surface area contributed by atoms with Gasteiger partial charge in [-0.15, -0.1) is 0 Å². The molecule has 0 aromatic heterocycles. The fourth-order valence-corrected chi connectivity index (χ4v) is 3.41. The third-order valence-electron chi connectivity index (χ3n) is 4.37. The predicted molar refractivity (Wildman–Crippen MR) is 63.0 cm³/mol. The lowest BCUT2D eigenvalue weighted by atomic mass is 9.85. The molecule has 2 unspecified atom stereocenters. The molecule has 0 N–H and O–H groups in total. The van der Waals surface area contributed by atoms with Gasteiger partial charge >= 0.3 is 0 Å². The predicted octanol–water partition coefficient (Wildman–Crippen LogP) is 3.03. The van der Waals surface area contributed by atoms with E-state index in [4.69, 9.17) is 0 Å². The maximum Gasteiger partial charge on any atom is 0.0102 e. The maximum atomic E-state index is 2.61. The number of fused-ring (bicyclic) bond motifs is 2. The topological polar surface area (TPSA) is 3.24 Å². The average Bonchev–Trinajstić information content (AvgIpc) is 2.54. The monoisotopic (exact) mass is 201 g/mol. The van der Waals surface area contributed by atoms with Crippen LogP contribution in [0.25, 0.3) is 0 Å². The summed E-state index contributed by atoms with van der Waals surface area (Å²) in [6, 6.07) is 12.8. The number of piperidine rings is 1. The fourth-order valence-electron chi connectivity index (χ4n) is 3.41. The maximum absolute atomic E-state index is 2.61. The number of benzene rings is 1. The van der Waals surface area contributed by atoms with Crippen LogP contribution in [-0.2, 0) is 0 Å². The van der Waals surface area contributed by atoms with E-state index in [-0.39, 0.29) is 0 Å². The van der Waals surface area contributed by atoms with Gasteiger partial charge in [-0.1, -0.05) is 30.3 Å². The van der Waals surface area contributed by atoms with E-state index in [1.54, 1.807) is 5.56 Å². The molecule has 2 aliphatic heterocycles. The molecule has 1 aromatic carbocycles. The van der Waals surface area contributed by atoms with E-state index in [1.165, 1.54) is 25.7 Å². The molecular weight excluding hydrogens is 182 g/mol. The van der Waals surface area contributed by atoms with Gasteiger partial charge in [-0.05, 0) is 44.2 Å². The molecule has 2 bridgehead atoms. The van der Waals surface area contributed by atoms with Gasteiger partial charge in [0.25, 0.3) is 0 Å². The van der Waals surface area contributed by atoms with Crippen LogP contribution >= 0.6 is 0 Å². The second-order valence-electron chi connectivity index (χ2n) is 5.13. The summed E-state index contributed by atoms with van der Waals surface area (Å²) in [5.41, 5.74) is 1.56. The molecule has 80 valence electrons. The van der Waals surface area contributed by atoms with Crippen molar-refractivity contribution in [2.45, 2.75) is 43.7 Å². The third-order valence-corrected chi connectivity index (χ3v) is 4.37. The zero-order chi connectivity index (χ0) is 10.3. The molecule has 0 radical (unpaired) electrons. The van der Waals surface area contributed by atoms with Crippen LogP contribution in [0.4, 0.5) is 0 Å². The third kappa shape index (κ3) is 1.59. The van der Waals surface area contributed by atoms with Crippen molar-refractivity contribution in [2.24, 2.45) is 0 Å². The Morgan fingerprint density at radius 2 is 1.60 bits per heavy atom. The van der Waals surface area contributed by atoms with E-state index >= 15 is 0 Å². The van der Waals surface area contributed by atoms with Crippen molar-refractivity contribution >= 4 is 0 Å². The van der Waals surface area contributed by atoms with E-state index < -0.39 is 0 Å². The average molecular weight is 201 g/mol. The van der Waals surface area contributed by atoms with Crippen LogP contribution in [0.5, 0.6) is 0 Å². The van der Waals surface area contributed by atoms with Crippen LogP contribution in [0, 0.1) is 0 Å². The van der Waals surface area contributed by atoms with Crippen molar-refractivity contribution in [1.82, 2.24) is 4.90 Å². The lowest BCUT2D eigenvalue weighted by Gasteiger charge is -2.36. The molecule has 3 rings (SSSR count). The summed E-state index contributed by atoms with van der Waals surface area (Å²) in [5, 5.41) is 0. The zero-order valence-electron chi connectivity index (χ0n) is 9.39. The SMILES string of the molecule is CN1C2CCC1CC(c1ccccc1)C2. The molecule has 2 saturated heterocycles. The highest BCUT2D eigenvalue weighted by molar-refractivity contribution is 5.21. The Kier molecular flexibility index (Phi) is 2.28. The Bertz CT molecular complexity index is 318. The molecule has 15 heavy (non-hydrogen) atoms. The molecule has 0 amide bonds. The number of rotatable bonds is 1. The molecular formula is C14H19N. The van der Waals surface area contributed by atoms with Crippen molar-refractivity contribution in [3.63, 3.8) is 0 Å². The first kappa shape index (κ1) is 9.41. The normalized spacial score (nSPS) is 35.7. The van der Waals surface area contributed by atoms with Gasteiger partial charge in [-0.2, -0.15) is 0 Å². The van der Waals surface area contributed by atoms with E-state index in [9.17, 15) is 0 Å². The Hall–Kier alpha value is -0.820. The summed E-state index contributed by atoms with van der Waals surface area (Å²) in [5.74, 6) is 0.819. The zero-order valence-corrected chi connectivity index (χ0v) is 9.39. The first-order valence-corrected chi connectivity index (χ1v) is 6.11. The number of nitrogens with zero attached hydrogens (tertiary/aromatic N) is 1. The van der Waals surface area contributed by atoms with E-state index in [1.807, 2.05) is 0 Å². The lowest BCUT2D eigenvalue weighted by molar-refractivity contribution is 0.161. The highest BCUT2D eigenvalue weighted by Crippen LogP contribution is 2.41. The van der Waals surface area contributed by atoms with E-state index in [0.717, 1.165) is 18.0 Å². The van der Waals surface area contributed by atoms with E-state index in [0.29, 0.717) is 0 Å². The van der Waals surface area contributed by atoms with Gasteiger partial charge in [-0.3, -0.25) is 0 Å². The largest absolute Gasteiger partial charge is 0.300 e. The van der Waals surface area contributed by atoms with Gasteiger partial charge in [0, 0.05) is 12.1 Å². The van der Waals surface area contributed by atoms with E-state index in [2.05, 4.69) is 42.3 Å². The Morgan fingerprint density at radius 1 is 1.00 bits per heavy atom. The minimum absolute atomic E-state index is 0.819. The molecule has 2 heterocycles. The van der Waals surface area contributed by atoms with Crippen LogP contribution in [0.15, 0.2) is 30.3 Å². The Labute approximate surface area is 92.1 Å². The van der Waals surface area contributed by atoms with Crippen molar-refractivity contribution in [3.05, 3.63) is 35.9 Å². The van der Waals surface area contributed by atoms with Gasteiger partial charge < -0.3 is 4.90 Å². The standard InChI is InChI=1S/C14H19N/c1-15-13-7-8-14(15)10-12(9-13)11-5-3-2-4-6-11/h2-6,12-14H,7-10H2,1H3.